The van der Waals surface area contributed by atoms with Gasteiger partial charge in [-0.15, -0.1) is 0 Å². The maximum Gasteiger partial charge on any atom is 0.123 e. The summed E-state index contributed by atoms with van der Waals surface area (Å²) < 4.78 is 7.70. The van der Waals surface area contributed by atoms with Crippen molar-refractivity contribution in [3.05, 3.63) is 99.7 Å². The summed E-state index contributed by atoms with van der Waals surface area (Å²) in [6.45, 7) is 2.26. The van der Waals surface area contributed by atoms with Crippen LogP contribution in [0.5, 0.6) is 5.75 Å². The van der Waals surface area contributed by atoms with Gasteiger partial charge in [-0.1, -0.05) is 65.7 Å². The van der Waals surface area contributed by atoms with Crippen LogP contribution in [-0.4, -0.2) is 11.7 Å². The molecule has 29 heavy (non-hydrogen) atoms. The van der Waals surface area contributed by atoms with Crippen molar-refractivity contribution < 1.29 is 4.74 Å². The molecule has 0 spiro atoms. The van der Waals surface area contributed by atoms with Gasteiger partial charge in [-0.25, -0.2) is 0 Å². The molecule has 0 aliphatic carbocycles. The fourth-order valence-electron chi connectivity index (χ4n) is 3.61. The number of hydrogen-bond acceptors (Lipinski definition) is 2. The summed E-state index contributed by atoms with van der Waals surface area (Å²) in [5.41, 5.74) is 4.73. The molecular formula is C24H22Cl2N2O. The van der Waals surface area contributed by atoms with Gasteiger partial charge in [0.1, 0.15) is 5.75 Å². The molecule has 5 heteroatoms. The lowest BCUT2D eigenvalue weighted by atomic mass is 10.1. The van der Waals surface area contributed by atoms with Crippen molar-refractivity contribution in [3.63, 3.8) is 0 Å². The fourth-order valence-corrected chi connectivity index (χ4v) is 3.93. The van der Waals surface area contributed by atoms with Gasteiger partial charge in [0.25, 0.3) is 0 Å². The molecule has 0 unspecified atom stereocenters. The lowest BCUT2D eigenvalue weighted by Crippen LogP contribution is -2.13. The Bertz CT molecular complexity index is 1140. The first-order valence-electron chi connectivity index (χ1n) is 9.49. The van der Waals surface area contributed by atoms with Gasteiger partial charge in [0.05, 0.1) is 17.2 Å². The highest BCUT2D eigenvalue weighted by Crippen LogP contribution is 2.26. The van der Waals surface area contributed by atoms with Gasteiger partial charge in [-0.2, -0.15) is 0 Å². The van der Waals surface area contributed by atoms with Crippen LogP contribution in [-0.2, 0) is 19.6 Å². The Labute approximate surface area is 180 Å². The summed E-state index contributed by atoms with van der Waals surface area (Å²) in [7, 11) is 1.70. The van der Waals surface area contributed by atoms with Crippen LogP contribution >= 0.6 is 23.2 Å². The second kappa shape index (κ2) is 8.91. The Hall–Kier alpha value is -2.46. The molecule has 4 aromatic rings. The van der Waals surface area contributed by atoms with Gasteiger partial charge in [0, 0.05) is 42.3 Å². The Morgan fingerprint density at radius 3 is 2.45 bits per heavy atom. The molecule has 0 saturated carbocycles. The lowest BCUT2D eigenvalue weighted by molar-refractivity contribution is 0.407. The van der Waals surface area contributed by atoms with Crippen molar-refractivity contribution in [3.8, 4) is 5.75 Å². The SMILES string of the molecule is COc1ccccc1CNCc1cn(Cc2ccc(Cl)c(Cl)c2)c2ccccc12. The second-order valence-electron chi connectivity index (χ2n) is 6.96. The minimum Gasteiger partial charge on any atom is -0.496 e. The van der Waals surface area contributed by atoms with Crippen LogP contribution in [0.4, 0.5) is 0 Å². The molecule has 148 valence electrons. The molecule has 0 amide bonds. The Balaban J connectivity index is 1.55. The smallest absolute Gasteiger partial charge is 0.123 e. The first-order chi connectivity index (χ1) is 14.2. The van der Waals surface area contributed by atoms with Crippen molar-refractivity contribution in [1.82, 2.24) is 9.88 Å². The van der Waals surface area contributed by atoms with E-state index in [2.05, 4.69) is 46.4 Å². The summed E-state index contributed by atoms with van der Waals surface area (Å²) >= 11 is 12.2. The van der Waals surface area contributed by atoms with E-state index < -0.39 is 0 Å². The topological polar surface area (TPSA) is 26.2 Å². The molecule has 4 rings (SSSR count). The van der Waals surface area contributed by atoms with Crippen LogP contribution in [0, 0.1) is 0 Å². The van der Waals surface area contributed by atoms with E-state index in [4.69, 9.17) is 27.9 Å². The first-order valence-corrected chi connectivity index (χ1v) is 10.2. The number of halogens is 2. The molecule has 0 bridgehead atoms. The molecule has 0 fully saturated rings. The summed E-state index contributed by atoms with van der Waals surface area (Å²) in [6, 6.07) is 22.3. The highest BCUT2D eigenvalue weighted by Gasteiger charge is 2.10. The van der Waals surface area contributed by atoms with Gasteiger partial charge in [-0.3, -0.25) is 0 Å². The van der Waals surface area contributed by atoms with Crippen LogP contribution in [0.2, 0.25) is 10.0 Å². The third-order valence-corrected chi connectivity index (χ3v) is 5.77. The molecule has 1 heterocycles. The predicted molar refractivity (Wildman–Crippen MR) is 121 cm³/mol. The highest BCUT2D eigenvalue weighted by atomic mass is 35.5. The number of nitrogens with zero attached hydrogens (tertiary/aromatic N) is 1. The average molecular weight is 425 g/mol. The maximum atomic E-state index is 6.19. The first kappa shape index (κ1) is 19.8. The largest absolute Gasteiger partial charge is 0.496 e. The minimum atomic E-state index is 0.578. The van der Waals surface area contributed by atoms with Crippen molar-refractivity contribution in [1.29, 1.82) is 0 Å². The fraction of sp³-hybridized carbons (Fsp3) is 0.167. The summed E-state index contributed by atoms with van der Waals surface area (Å²) in [5.74, 6) is 0.905. The summed E-state index contributed by atoms with van der Waals surface area (Å²) in [5, 5.41) is 5.96. The zero-order valence-electron chi connectivity index (χ0n) is 16.2. The number of benzene rings is 3. The Morgan fingerprint density at radius 2 is 1.62 bits per heavy atom. The lowest BCUT2D eigenvalue weighted by Gasteiger charge is -2.09. The standard InChI is InChI=1S/C24H22Cl2N2O/c1-29-24-9-5-2-6-18(24)13-27-14-19-16-28(23-8-4-3-7-20(19)23)15-17-10-11-21(25)22(26)12-17/h2-12,16,27H,13-15H2,1H3. The number of para-hydroxylation sites is 2. The van der Waals surface area contributed by atoms with Gasteiger partial charge in [0.2, 0.25) is 0 Å². The number of aromatic nitrogens is 1. The maximum absolute atomic E-state index is 6.19. The third-order valence-electron chi connectivity index (χ3n) is 5.03. The molecule has 3 aromatic carbocycles. The van der Waals surface area contributed by atoms with E-state index in [-0.39, 0.29) is 0 Å². The zero-order chi connectivity index (χ0) is 20.2. The van der Waals surface area contributed by atoms with Crippen LogP contribution < -0.4 is 10.1 Å². The molecule has 1 N–H and O–H groups in total. The molecule has 0 radical (unpaired) electrons. The molecule has 0 aliphatic rings. The number of nitrogens with one attached hydrogen (secondary N) is 1. The summed E-state index contributed by atoms with van der Waals surface area (Å²) in [6.07, 6.45) is 2.21. The molecule has 0 saturated heterocycles. The zero-order valence-corrected chi connectivity index (χ0v) is 17.7. The van der Waals surface area contributed by atoms with Crippen molar-refractivity contribution in [2.24, 2.45) is 0 Å². The number of methoxy groups -OCH3 is 1. The third kappa shape index (κ3) is 4.43. The molecular weight excluding hydrogens is 403 g/mol. The number of fused-ring (bicyclic) bond motifs is 1. The molecule has 1 aromatic heterocycles. The van der Waals surface area contributed by atoms with Gasteiger partial charge >= 0.3 is 0 Å². The van der Waals surface area contributed by atoms with Crippen LogP contribution in [0.3, 0.4) is 0 Å². The van der Waals surface area contributed by atoms with Crippen molar-refractivity contribution >= 4 is 34.1 Å². The van der Waals surface area contributed by atoms with E-state index in [1.165, 1.54) is 16.5 Å². The highest BCUT2D eigenvalue weighted by molar-refractivity contribution is 6.42. The molecule has 0 atom stereocenters. The minimum absolute atomic E-state index is 0.578. The predicted octanol–water partition coefficient (Wildman–Crippen LogP) is 6.29. The molecule has 3 nitrogen and oxygen atoms in total. The number of rotatable bonds is 7. The van der Waals surface area contributed by atoms with E-state index in [0.717, 1.165) is 36.5 Å². The van der Waals surface area contributed by atoms with E-state index in [9.17, 15) is 0 Å². The average Bonchev–Trinajstić information content (AvgIpc) is 3.09. The van der Waals surface area contributed by atoms with Gasteiger partial charge in [0.15, 0.2) is 0 Å². The van der Waals surface area contributed by atoms with Crippen molar-refractivity contribution in [2.45, 2.75) is 19.6 Å². The molecule has 0 aliphatic heterocycles. The van der Waals surface area contributed by atoms with Crippen LogP contribution in [0.15, 0.2) is 72.9 Å². The van der Waals surface area contributed by atoms with E-state index in [0.29, 0.717) is 10.0 Å². The Kier molecular flexibility index (Phi) is 6.10. The van der Waals surface area contributed by atoms with Gasteiger partial charge < -0.3 is 14.6 Å². The van der Waals surface area contributed by atoms with Gasteiger partial charge in [-0.05, 0) is 35.4 Å². The quantitative estimate of drug-likeness (QED) is 0.376. The van der Waals surface area contributed by atoms with E-state index in [1.54, 1.807) is 7.11 Å². The normalized spacial score (nSPS) is 11.1. The van der Waals surface area contributed by atoms with E-state index in [1.807, 2.05) is 36.4 Å². The van der Waals surface area contributed by atoms with Crippen LogP contribution in [0.1, 0.15) is 16.7 Å². The Morgan fingerprint density at radius 1 is 0.862 bits per heavy atom. The van der Waals surface area contributed by atoms with E-state index >= 15 is 0 Å². The van der Waals surface area contributed by atoms with Crippen LogP contribution in [0.25, 0.3) is 10.9 Å². The summed E-state index contributed by atoms with van der Waals surface area (Å²) in [4.78, 5) is 0. The number of ether oxygens (including phenoxy) is 1. The second-order valence-corrected chi connectivity index (χ2v) is 7.78. The number of hydrogen-bond donors (Lipinski definition) is 1. The van der Waals surface area contributed by atoms with Crippen molar-refractivity contribution in [2.75, 3.05) is 7.11 Å². The monoisotopic (exact) mass is 424 g/mol.